The monoisotopic (exact) mass is 282 g/mol. The highest BCUT2D eigenvalue weighted by atomic mass is 19.4. The van der Waals surface area contributed by atoms with Gasteiger partial charge in [0.15, 0.2) is 11.6 Å². The number of hydrogen-bond donors (Lipinski definition) is 1. The molecule has 3 nitrogen and oxygen atoms in total. The number of ether oxygens (including phenoxy) is 1. The van der Waals surface area contributed by atoms with Crippen molar-refractivity contribution in [1.29, 1.82) is 0 Å². The number of alkyl halides is 3. The summed E-state index contributed by atoms with van der Waals surface area (Å²) in [7, 11) is 0. The first kappa shape index (κ1) is 14.2. The zero-order valence-corrected chi connectivity index (χ0v) is 11.0. The minimum Gasteiger partial charge on any atom is -0.453 e. The SMILES string of the molecule is Cc1cc(C)cc(Oc2cc(C(F)(F)F)cnc2N)c1. The summed E-state index contributed by atoms with van der Waals surface area (Å²) in [6, 6.07) is 6.21. The van der Waals surface area contributed by atoms with Crippen LogP contribution in [-0.4, -0.2) is 4.98 Å². The summed E-state index contributed by atoms with van der Waals surface area (Å²) in [4.78, 5) is 3.52. The summed E-state index contributed by atoms with van der Waals surface area (Å²) in [6.07, 6.45) is -3.80. The van der Waals surface area contributed by atoms with Crippen molar-refractivity contribution in [3.8, 4) is 11.5 Å². The molecule has 0 aliphatic heterocycles. The van der Waals surface area contributed by atoms with Gasteiger partial charge in [0.25, 0.3) is 0 Å². The number of halogens is 3. The Morgan fingerprint density at radius 3 is 2.20 bits per heavy atom. The predicted octanol–water partition coefficient (Wildman–Crippen LogP) is 4.09. The van der Waals surface area contributed by atoms with E-state index in [2.05, 4.69) is 4.98 Å². The molecule has 0 saturated heterocycles. The number of rotatable bonds is 2. The second-order valence-corrected chi connectivity index (χ2v) is 4.53. The van der Waals surface area contributed by atoms with Crippen LogP contribution in [0, 0.1) is 13.8 Å². The molecule has 106 valence electrons. The maximum atomic E-state index is 12.6. The predicted molar refractivity (Wildman–Crippen MR) is 69.6 cm³/mol. The van der Waals surface area contributed by atoms with Gasteiger partial charge in [-0.1, -0.05) is 6.07 Å². The van der Waals surface area contributed by atoms with Crippen molar-refractivity contribution >= 4 is 5.82 Å². The van der Waals surface area contributed by atoms with Gasteiger partial charge in [-0.2, -0.15) is 13.2 Å². The number of pyridine rings is 1. The van der Waals surface area contributed by atoms with Gasteiger partial charge < -0.3 is 10.5 Å². The van der Waals surface area contributed by atoms with Crippen molar-refractivity contribution in [2.45, 2.75) is 20.0 Å². The van der Waals surface area contributed by atoms with Crippen molar-refractivity contribution in [2.24, 2.45) is 0 Å². The Labute approximate surface area is 114 Å². The lowest BCUT2D eigenvalue weighted by Gasteiger charge is -2.12. The minimum absolute atomic E-state index is 0.0860. The Hall–Kier alpha value is -2.24. The zero-order valence-electron chi connectivity index (χ0n) is 11.0. The van der Waals surface area contributed by atoms with E-state index >= 15 is 0 Å². The lowest BCUT2D eigenvalue weighted by Crippen LogP contribution is -2.07. The Morgan fingerprint density at radius 1 is 1.05 bits per heavy atom. The van der Waals surface area contributed by atoms with Crippen molar-refractivity contribution in [3.05, 3.63) is 47.2 Å². The van der Waals surface area contributed by atoms with Crippen LogP contribution in [0.2, 0.25) is 0 Å². The molecule has 1 aromatic carbocycles. The first-order chi connectivity index (χ1) is 9.25. The largest absolute Gasteiger partial charge is 0.453 e. The molecule has 0 aliphatic carbocycles. The molecule has 1 heterocycles. The van der Waals surface area contributed by atoms with Gasteiger partial charge >= 0.3 is 6.18 Å². The van der Waals surface area contributed by atoms with E-state index in [4.69, 9.17) is 10.5 Å². The molecular formula is C14H13F3N2O. The van der Waals surface area contributed by atoms with E-state index in [1.807, 2.05) is 19.9 Å². The lowest BCUT2D eigenvalue weighted by atomic mass is 10.1. The number of anilines is 1. The summed E-state index contributed by atoms with van der Waals surface area (Å²) < 4.78 is 43.3. The summed E-state index contributed by atoms with van der Waals surface area (Å²) in [6.45, 7) is 3.74. The van der Waals surface area contributed by atoms with Crippen molar-refractivity contribution in [3.63, 3.8) is 0 Å². The third-order valence-corrected chi connectivity index (χ3v) is 2.63. The van der Waals surface area contributed by atoms with Gasteiger partial charge in [0.1, 0.15) is 5.75 Å². The van der Waals surface area contributed by atoms with Crippen LogP contribution in [0.15, 0.2) is 30.5 Å². The average Bonchev–Trinajstić information content (AvgIpc) is 2.29. The van der Waals surface area contributed by atoms with Crippen LogP contribution in [0.4, 0.5) is 19.0 Å². The number of aryl methyl sites for hydroxylation is 2. The van der Waals surface area contributed by atoms with Crippen LogP contribution < -0.4 is 10.5 Å². The molecule has 0 spiro atoms. The molecule has 0 aliphatic rings. The average molecular weight is 282 g/mol. The van der Waals surface area contributed by atoms with E-state index in [1.54, 1.807) is 12.1 Å². The molecule has 0 unspecified atom stereocenters. The van der Waals surface area contributed by atoms with Gasteiger partial charge in [-0.15, -0.1) is 0 Å². The normalized spacial score (nSPS) is 11.4. The number of nitrogen functional groups attached to an aromatic ring is 1. The number of aromatic nitrogens is 1. The molecule has 0 fully saturated rings. The first-order valence-electron chi connectivity index (χ1n) is 5.84. The molecular weight excluding hydrogens is 269 g/mol. The molecule has 20 heavy (non-hydrogen) atoms. The summed E-state index contributed by atoms with van der Waals surface area (Å²) >= 11 is 0. The van der Waals surface area contributed by atoms with Crippen LogP contribution >= 0.6 is 0 Å². The van der Waals surface area contributed by atoms with Crippen LogP contribution in [0.25, 0.3) is 0 Å². The minimum atomic E-state index is -4.48. The highest BCUT2D eigenvalue weighted by Gasteiger charge is 2.32. The highest BCUT2D eigenvalue weighted by Crippen LogP contribution is 2.34. The standard InChI is InChI=1S/C14H13F3N2O/c1-8-3-9(2)5-11(4-8)20-12-6-10(14(15,16)17)7-19-13(12)18/h3-7H,1-2H3,(H2,18,19). The van der Waals surface area contributed by atoms with Crippen LogP contribution in [0.5, 0.6) is 11.5 Å². The summed E-state index contributed by atoms with van der Waals surface area (Å²) in [5.74, 6) is 0.234. The van der Waals surface area contributed by atoms with E-state index in [0.29, 0.717) is 11.9 Å². The van der Waals surface area contributed by atoms with E-state index in [1.165, 1.54) is 0 Å². The van der Waals surface area contributed by atoms with Gasteiger partial charge in [0.05, 0.1) is 5.56 Å². The molecule has 0 amide bonds. The molecule has 2 N–H and O–H groups in total. The van der Waals surface area contributed by atoms with Gasteiger partial charge in [-0.3, -0.25) is 0 Å². The molecule has 2 aromatic rings. The smallest absolute Gasteiger partial charge is 0.418 e. The Morgan fingerprint density at radius 2 is 1.65 bits per heavy atom. The van der Waals surface area contributed by atoms with E-state index < -0.39 is 11.7 Å². The van der Waals surface area contributed by atoms with Crippen LogP contribution in [0.1, 0.15) is 16.7 Å². The lowest BCUT2D eigenvalue weighted by molar-refractivity contribution is -0.137. The van der Waals surface area contributed by atoms with Crippen molar-refractivity contribution in [2.75, 3.05) is 5.73 Å². The number of benzene rings is 1. The van der Waals surface area contributed by atoms with Crippen LogP contribution in [-0.2, 0) is 6.18 Å². The quantitative estimate of drug-likeness (QED) is 0.902. The first-order valence-corrected chi connectivity index (χ1v) is 5.84. The molecule has 2 rings (SSSR count). The van der Waals surface area contributed by atoms with E-state index in [-0.39, 0.29) is 11.6 Å². The molecule has 0 saturated carbocycles. The molecule has 0 radical (unpaired) electrons. The molecule has 0 atom stereocenters. The van der Waals surface area contributed by atoms with Gasteiger partial charge in [0, 0.05) is 6.20 Å². The molecule has 1 aromatic heterocycles. The Bertz CT molecular complexity index is 619. The van der Waals surface area contributed by atoms with Crippen LogP contribution in [0.3, 0.4) is 0 Å². The number of nitrogens with two attached hydrogens (primary N) is 1. The Balaban J connectivity index is 2.37. The summed E-state index contributed by atoms with van der Waals surface area (Å²) in [5.41, 5.74) is 6.54. The number of nitrogens with zero attached hydrogens (tertiary/aromatic N) is 1. The van der Waals surface area contributed by atoms with E-state index in [0.717, 1.165) is 17.2 Å². The van der Waals surface area contributed by atoms with Crippen molar-refractivity contribution < 1.29 is 17.9 Å². The van der Waals surface area contributed by atoms with Crippen molar-refractivity contribution in [1.82, 2.24) is 4.98 Å². The fourth-order valence-corrected chi connectivity index (χ4v) is 1.81. The second kappa shape index (κ2) is 5.03. The second-order valence-electron chi connectivity index (χ2n) is 4.53. The Kier molecular flexibility index (Phi) is 3.57. The summed E-state index contributed by atoms with van der Waals surface area (Å²) in [5, 5.41) is 0. The highest BCUT2D eigenvalue weighted by molar-refractivity contribution is 5.50. The molecule has 6 heteroatoms. The van der Waals surface area contributed by atoms with Gasteiger partial charge in [-0.05, 0) is 43.2 Å². The number of hydrogen-bond acceptors (Lipinski definition) is 3. The fraction of sp³-hybridized carbons (Fsp3) is 0.214. The maximum Gasteiger partial charge on any atom is 0.418 e. The molecule has 0 bridgehead atoms. The van der Waals surface area contributed by atoms with Gasteiger partial charge in [-0.25, -0.2) is 4.98 Å². The third-order valence-electron chi connectivity index (χ3n) is 2.63. The fourth-order valence-electron chi connectivity index (χ4n) is 1.81. The third kappa shape index (κ3) is 3.20. The topological polar surface area (TPSA) is 48.1 Å². The zero-order chi connectivity index (χ0) is 14.9. The maximum absolute atomic E-state index is 12.6. The van der Waals surface area contributed by atoms with E-state index in [9.17, 15) is 13.2 Å². The van der Waals surface area contributed by atoms with Gasteiger partial charge in [0.2, 0.25) is 0 Å².